The van der Waals surface area contributed by atoms with E-state index in [4.69, 9.17) is 4.74 Å². The molecular formula is C31H26N6O3. The van der Waals surface area contributed by atoms with Gasteiger partial charge in [0.1, 0.15) is 11.6 Å². The van der Waals surface area contributed by atoms with Crippen molar-refractivity contribution in [1.29, 1.82) is 0 Å². The molecule has 0 bridgehead atoms. The summed E-state index contributed by atoms with van der Waals surface area (Å²) in [6.07, 6.45) is 5.32. The number of phenols is 1. The molecule has 0 fully saturated rings. The molecule has 3 aromatic heterocycles. The van der Waals surface area contributed by atoms with E-state index in [0.717, 1.165) is 27.8 Å². The summed E-state index contributed by atoms with van der Waals surface area (Å²) in [6.45, 7) is 1.02. The lowest BCUT2D eigenvalue weighted by Crippen LogP contribution is -2.23. The summed E-state index contributed by atoms with van der Waals surface area (Å²) in [6, 6.07) is 24.2. The summed E-state index contributed by atoms with van der Waals surface area (Å²) in [5, 5.41) is 17.9. The van der Waals surface area contributed by atoms with E-state index in [1.165, 1.54) is 0 Å². The van der Waals surface area contributed by atoms with Crippen LogP contribution in [0, 0.1) is 0 Å². The van der Waals surface area contributed by atoms with Crippen LogP contribution in [-0.4, -0.2) is 42.9 Å². The summed E-state index contributed by atoms with van der Waals surface area (Å²) < 4.78 is 7.25. The van der Waals surface area contributed by atoms with Crippen molar-refractivity contribution < 1.29 is 14.6 Å². The summed E-state index contributed by atoms with van der Waals surface area (Å²) in [7, 11) is 1.57. The maximum atomic E-state index is 13.1. The number of fused-ring (bicyclic) bond motifs is 1. The van der Waals surface area contributed by atoms with Crippen molar-refractivity contribution in [2.45, 2.75) is 13.1 Å². The topological polar surface area (TPSA) is 118 Å². The fourth-order valence-corrected chi connectivity index (χ4v) is 4.67. The van der Waals surface area contributed by atoms with Crippen molar-refractivity contribution in [3.8, 4) is 34.1 Å². The number of ether oxygens (including phenoxy) is 1. The van der Waals surface area contributed by atoms with Crippen molar-refractivity contribution in [2.75, 3.05) is 7.11 Å². The number of H-pyrrole nitrogens is 1. The molecular weight excluding hydrogens is 504 g/mol. The normalized spacial score (nSPS) is 11.0. The minimum Gasteiger partial charge on any atom is -0.507 e. The molecule has 0 saturated carbocycles. The standard InChI is InChI=1S/C31H26N6O3/c1-40-31-24(8-4-13-32-31)20-10-12-28(38)25(16-20)29-35-26-11-9-21(17-27(26)36-29)30(39)33-18-22-6-2-3-7-23(22)19-37-15-5-14-34-37/h2-17,38H,18-19H2,1H3,(H,33,39)(H,35,36). The van der Waals surface area contributed by atoms with E-state index < -0.39 is 0 Å². The van der Waals surface area contributed by atoms with Crippen molar-refractivity contribution in [1.82, 2.24) is 30.0 Å². The molecule has 1 amide bonds. The van der Waals surface area contributed by atoms with Gasteiger partial charge < -0.3 is 20.1 Å². The second-order valence-electron chi connectivity index (χ2n) is 9.26. The number of imidazole rings is 1. The molecule has 0 spiro atoms. The van der Waals surface area contributed by atoms with Crippen LogP contribution < -0.4 is 10.1 Å². The third-order valence-corrected chi connectivity index (χ3v) is 6.72. The number of pyridine rings is 1. The summed E-state index contributed by atoms with van der Waals surface area (Å²) in [4.78, 5) is 25.3. The van der Waals surface area contributed by atoms with Gasteiger partial charge in [0, 0.05) is 36.3 Å². The first-order chi connectivity index (χ1) is 19.6. The molecule has 3 aromatic carbocycles. The van der Waals surface area contributed by atoms with Crippen LogP contribution in [0.15, 0.2) is 97.5 Å². The fourth-order valence-electron chi connectivity index (χ4n) is 4.67. The zero-order chi connectivity index (χ0) is 27.5. The number of amides is 1. The molecule has 198 valence electrons. The number of nitrogens with zero attached hydrogens (tertiary/aromatic N) is 4. The van der Waals surface area contributed by atoms with Crippen LogP contribution >= 0.6 is 0 Å². The Hall–Kier alpha value is -5.44. The molecule has 3 heterocycles. The first-order valence-corrected chi connectivity index (χ1v) is 12.7. The van der Waals surface area contributed by atoms with Crippen molar-refractivity contribution in [2.24, 2.45) is 0 Å². The fraction of sp³-hybridized carbons (Fsp3) is 0.0968. The van der Waals surface area contributed by atoms with Gasteiger partial charge in [-0.1, -0.05) is 30.3 Å². The minimum atomic E-state index is -0.200. The van der Waals surface area contributed by atoms with Crippen LogP contribution in [0.4, 0.5) is 0 Å². The number of phenolic OH excluding ortho intramolecular Hbond substituents is 1. The summed E-state index contributed by atoms with van der Waals surface area (Å²) in [5.41, 5.74) is 6.12. The van der Waals surface area contributed by atoms with Gasteiger partial charge in [-0.05, 0) is 65.2 Å². The molecule has 9 nitrogen and oxygen atoms in total. The van der Waals surface area contributed by atoms with E-state index in [1.54, 1.807) is 43.8 Å². The Morgan fingerprint density at radius 2 is 1.85 bits per heavy atom. The van der Waals surface area contributed by atoms with E-state index >= 15 is 0 Å². The molecule has 0 saturated heterocycles. The molecule has 0 atom stereocenters. The first kappa shape index (κ1) is 24.9. The number of hydrogen-bond donors (Lipinski definition) is 3. The molecule has 0 unspecified atom stereocenters. The lowest BCUT2D eigenvalue weighted by molar-refractivity contribution is 0.0951. The number of hydrogen-bond acceptors (Lipinski definition) is 6. The molecule has 6 rings (SSSR count). The van der Waals surface area contributed by atoms with Gasteiger partial charge in [0.2, 0.25) is 5.88 Å². The number of nitrogens with one attached hydrogen (secondary N) is 2. The van der Waals surface area contributed by atoms with Gasteiger partial charge in [-0.25, -0.2) is 9.97 Å². The van der Waals surface area contributed by atoms with Crippen LogP contribution in [0.2, 0.25) is 0 Å². The first-order valence-electron chi connectivity index (χ1n) is 12.7. The average molecular weight is 531 g/mol. The van der Waals surface area contributed by atoms with E-state index in [9.17, 15) is 9.90 Å². The molecule has 3 N–H and O–H groups in total. The smallest absolute Gasteiger partial charge is 0.251 e. The van der Waals surface area contributed by atoms with Gasteiger partial charge in [-0.15, -0.1) is 0 Å². The third-order valence-electron chi connectivity index (χ3n) is 6.72. The maximum absolute atomic E-state index is 13.1. The third kappa shape index (κ3) is 5.00. The minimum absolute atomic E-state index is 0.0809. The highest BCUT2D eigenvalue weighted by Gasteiger charge is 2.15. The summed E-state index contributed by atoms with van der Waals surface area (Å²) in [5.74, 6) is 0.858. The Morgan fingerprint density at radius 1 is 0.975 bits per heavy atom. The molecule has 0 radical (unpaired) electrons. The van der Waals surface area contributed by atoms with Crippen LogP contribution in [0.25, 0.3) is 33.5 Å². The van der Waals surface area contributed by atoms with Gasteiger partial charge >= 0.3 is 0 Å². The highest BCUT2D eigenvalue weighted by atomic mass is 16.5. The quantitative estimate of drug-likeness (QED) is 0.250. The van der Waals surface area contributed by atoms with E-state index in [0.29, 0.717) is 41.4 Å². The van der Waals surface area contributed by atoms with Gasteiger partial charge in [-0.2, -0.15) is 5.10 Å². The predicted molar refractivity (Wildman–Crippen MR) is 152 cm³/mol. The molecule has 0 aliphatic rings. The molecule has 9 heteroatoms. The highest BCUT2D eigenvalue weighted by molar-refractivity contribution is 5.97. The Labute approximate surface area is 230 Å². The second kappa shape index (κ2) is 10.7. The highest BCUT2D eigenvalue weighted by Crippen LogP contribution is 2.35. The van der Waals surface area contributed by atoms with Crippen LogP contribution in [0.3, 0.4) is 0 Å². The largest absolute Gasteiger partial charge is 0.507 e. The van der Waals surface area contributed by atoms with E-state index in [1.807, 2.05) is 65.5 Å². The lowest BCUT2D eigenvalue weighted by atomic mass is 10.0. The van der Waals surface area contributed by atoms with Gasteiger partial charge in [0.25, 0.3) is 5.91 Å². The van der Waals surface area contributed by atoms with Gasteiger partial charge in [0.05, 0.1) is 30.3 Å². The Kier molecular flexibility index (Phi) is 6.68. The number of methoxy groups -OCH3 is 1. The molecule has 40 heavy (non-hydrogen) atoms. The maximum Gasteiger partial charge on any atom is 0.251 e. The van der Waals surface area contributed by atoms with Crippen molar-refractivity contribution >= 4 is 16.9 Å². The second-order valence-corrected chi connectivity index (χ2v) is 9.26. The van der Waals surface area contributed by atoms with Crippen molar-refractivity contribution in [3.63, 3.8) is 0 Å². The summed E-state index contributed by atoms with van der Waals surface area (Å²) >= 11 is 0. The Bertz CT molecular complexity index is 1810. The predicted octanol–water partition coefficient (Wildman–Crippen LogP) is 5.18. The Morgan fingerprint density at radius 3 is 2.67 bits per heavy atom. The van der Waals surface area contributed by atoms with E-state index in [-0.39, 0.29) is 11.7 Å². The van der Waals surface area contributed by atoms with Crippen molar-refractivity contribution in [3.05, 3.63) is 114 Å². The number of carbonyl (C=O) groups is 1. The van der Waals surface area contributed by atoms with Gasteiger partial charge in [0.15, 0.2) is 0 Å². The van der Waals surface area contributed by atoms with Crippen LogP contribution in [0.1, 0.15) is 21.5 Å². The number of rotatable bonds is 8. The lowest BCUT2D eigenvalue weighted by Gasteiger charge is -2.11. The zero-order valence-electron chi connectivity index (χ0n) is 21.7. The number of benzene rings is 3. The SMILES string of the molecule is COc1ncccc1-c1ccc(O)c(-c2nc3cc(C(=O)NCc4ccccc4Cn4cccn4)ccc3[nH]2)c1. The number of aromatic hydroxyl groups is 1. The van der Waals surface area contributed by atoms with E-state index in [2.05, 4.69) is 25.4 Å². The Balaban J connectivity index is 1.23. The number of carbonyl (C=O) groups excluding carboxylic acids is 1. The molecule has 6 aromatic rings. The average Bonchev–Trinajstić information content (AvgIpc) is 3.66. The zero-order valence-corrected chi connectivity index (χ0v) is 21.7. The molecule has 0 aliphatic carbocycles. The number of aromatic nitrogens is 5. The van der Waals surface area contributed by atoms with Gasteiger partial charge in [-0.3, -0.25) is 9.48 Å². The number of aromatic amines is 1. The van der Waals surface area contributed by atoms with Crippen LogP contribution in [0.5, 0.6) is 11.6 Å². The van der Waals surface area contributed by atoms with Crippen LogP contribution in [-0.2, 0) is 13.1 Å². The monoisotopic (exact) mass is 530 g/mol. The molecule has 0 aliphatic heterocycles.